The van der Waals surface area contributed by atoms with Crippen LogP contribution in [0.1, 0.15) is 630 Å². The Bertz CT molecular complexity index is 1310. The van der Waals surface area contributed by atoms with Gasteiger partial charge in [0.1, 0.15) is 0 Å². The summed E-state index contributed by atoms with van der Waals surface area (Å²) in [6.45, 7) is 119. The molecule has 0 aromatic heterocycles. The topological polar surface area (TPSA) is 0 Å². The molecule has 4 rings (SSSR count). The van der Waals surface area contributed by atoms with Crippen LogP contribution >= 0.6 is 0 Å². The minimum atomic E-state index is 0.437. The van der Waals surface area contributed by atoms with Gasteiger partial charge in [0.05, 0.1) is 0 Å². The Morgan fingerprint density at radius 3 is 0.460 bits per heavy atom. The SMILES string of the molecule is CC(C)(C)C(C)(C)C.CC(C)C(C)C.CC1CC(C)C1.CC1CC1C.CC1CCC(C)C1.CC1CCC(C)CC1.CCC.CCC(C)(C)C.CCC(C)(C)C.CCC(C)C.CCC(C)C.CCC(C)CC.CCCC.CCCC(C)C.CCCC(C)C.CCCCC.CCCCCC.CCCCCCC.CCCCCCCC. The van der Waals surface area contributed by atoms with Crippen molar-refractivity contribution in [2.75, 3.05) is 0 Å². The molecule has 0 aromatic rings. The Labute approximate surface area is 736 Å². The quantitative estimate of drug-likeness (QED) is 0.0845. The summed E-state index contributed by atoms with van der Waals surface area (Å²) in [5, 5.41) is 0. The van der Waals surface area contributed by atoms with Crippen LogP contribution in [-0.4, -0.2) is 0 Å². The van der Waals surface area contributed by atoms with Crippen molar-refractivity contribution < 1.29 is 0 Å². The monoisotopic (exact) mass is 1610 g/mol. The first-order chi connectivity index (χ1) is 52.1. The third-order valence-electron chi connectivity index (χ3n) is 22.7. The minimum Gasteiger partial charge on any atom is -0.0656 e. The number of hydrogen-bond donors (Lipinski definition) is 0. The molecule has 4 unspecified atom stereocenters. The van der Waals surface area contributed by atoms with Crippen LogP contribution in [0.3, 0.4) is 0 Å². The molecule has 0 nitrogen and oxygen atoms in total. The van der Waals surface area contributed by atoms with Crippen LogP contribution in [0.5, 0.6) is 0 Å². The Morgan fingerprint density at radius 1 is 0.221 bits per heavy atom. The van der Waals surface area contributed by atoms with Gasteiger partial charge in [0.2, 0.25) is 0 Å². The summed E-state index contributed by atoms with van der Waals surface area (Å²) in [5.41, 5.74) is 1.96. The van der Waals surface area contributed by atoms with Crippen molar-refractivity contribution in [2.24, 2.45) is 110 Å². The van der Waals surface area contributed by atoms with Crippen LogP contribution < -0.4 is 0 Å². The molecule has 0 saturated heterocycles. The molecule has 0 radical (unpaired) electrons. The van der Waals surface area contributed by atoms with Crippen molar-refractivity contribution in [1.82, 2.24) is 0 Å². The molecule has 0 heteroatoms. The second-order valence-corrected chi connectivity index (χ2v) is 43.2. The van der Waals surface area contributed by atoms with E-state index in [0.29, 0.717) is 21.7 Å². The third-order valence-corrected chi connectivity index (χ3v) is 22.7. The van der Waals surface area contributed by atoms with Gasteiger partial charge in [-0.25, -0.2) is 0 Å². The molecule has 113 heavy (non-hydrogen) atoms. The van der Waals surface area contributed by atoms with Gasteiger partial charge < -0.3 is 0 Å². The average molecular weight is 1620 g/mol. The lowest BCUT2D eigenvalue weighted by Gasteiger charge is -2.34. The lowest BCUT2D eigenvalue weighted by atomic mass is 9.71. The van der Waals surface area contributed by atoms with Crippen molar-refractivity contribution in [2.45, 2.75) is 630 Å². The van der Waals surface area contributed by atoms with Gasteiger partial charge in [-0.3, -0.25) is 0 Å². The molecule has 4 fully saturated rings. The summed E-state index contributed by atoms with van der Waals surface area (Å²) in [7, 11) is 0. The largest absolute Gasteiger partial charge is 0.0656 e. The highest BCUT2D eigenvalue weighted by atomic mass is 14.3. The molecular formula is C113H256. The first kappa shape index (κ1) is 148. The van der Waals surface area contributed by atoms with Gasteiger partial charge in [-0.1, -0.05) is 605 Å². The van der Waals surface area contributed by atoms with Gasteiger partial charge in [0, 0.05) is 0 Å². The molecule has 0 N–H and O–H groups in total. The fraction of sp³-hybridized carbons (Fsp3) is 1.00. The Kier molecular flexibility index (Phi) is 149. The Hall–Kier alpha value is 0. The second kappa shape index (κ2) is 114. The van der Waals surface area contributed by atoms with Crippen molar-refractivity contribution in [3.8, 4) is 0 Å². The van der Waals surface area contributed by atoms with Crippen LogP contribution in [-0.2, 0) is 0 Å². The van der Waals surface area contributed by atoms with Gasteiger partial charge in [-0.2, -0.15) is 0 Å². The van der Waals surface area contributed by atoms with Gasteiger partial charge in [-0.15, -0.1) is 0 Å². The first-order valence-corrected chi connectivity index (χ1v) is 52.1. The molecular weight excluding hydrogens is 1360 g/mol. The van der Waals surface area contributed by atoms with Crippen LogP contribution in [0.4, 0.5) is 0 Å². The maximum absolute atomic E-state index is 2.37. The van der Waals surface area contributed by atoms with Crippen molar-refractivity contribution in [3.63, 3.8) is 0 Å². The zero-order valence-corrected chi connectivity index (χ0v) is 92.7. The van der Waals surface area contributed by atoms with E-state index < -0.39 is 0 Å². The smallest absolute Gasteiger partial charge is 0.0334 e. The van der Waals surface area contributed by atoms with Crippen LogP contribution in [0.2, 0.25) is 0 Å². The van der Waals surface area contributed by atoms with Gasteiger partial charge in [-0.05, 0) is 136 Å². The summed E-state index contributed by atoms with van der Waals surface area (Å²) < 4.78 is 0. The van der Waals surface area contributed by atoms with Crippen LogP contribution in [0, 0.1) is 110 Å². The van der Waals surface area contributed by atoms with Gasteiger partial charge in [0.15, 0.2) is 0 Å². The highest BCUT2D eigenvalue weighted by Gasteiger charge is 2.27. The van der Waals surface area contributed by atoms with E-state index in [1.165, 1.54) is 263 Å². The molecule has 708 valence electrons. The molecule has 0 spiro atoms. The van der Waals surface area contributed by atoms with E-state index in [1.54, 1.807) is 0 Å². The zero-order chi connectivity index (χ0) is 92.7. The Balaban J connectivity index is -0.0000000692. The fourth-order valence-electron chi connectivity index (χ4n) is 8.56. The summed E-state index contributed by atoms with van der Waals surface area (Å²) in [6, 6.07) is 0. The average Bonchev–Trinajstić information content (AvgIpc) is 1.86. The summed E-state index contributed by atoms with van der Waals surface area (Å²) >= 11 is 0. The lowest BCUT2D eigenvalue weighted by Crippen LogP contribution is -2.25. The number of rotatable bonds is 24. The molecule has 0 amide bonds. The summed E-state index contributed by atoms with van der Waals surface area (Å²) in [5.74, 6) is 14.5. The van der Waals surface area contributed by atoms with E-state index in [-0.39, 0.29) is 0 Å². The first-order valence-electron chi connectivity index (χ1n) is 52.1. The summed E-state index contributed by atoms with van der Waals surface area (Å²) in [6.07, 6.45) is 57.0. The van der Waals surface area contributed by atoms with E-state index >= 15 is 0 Å². The van der Waals surface area contributed by atoms with Crippen molar-refractivity contribution in [1.29, 1.82) is 0 Å². The summed E-state index contributed by atoms with van der Waals surface area (Å²) in [4.78, 5) is 0. The van der Waals surface area contributed by atoms with Crippen molar-refractivity contribution in [3.05, 3.63) is 0 Å². The molecule has 4 aliphatic carbocycles. The van der Waals surface area contributed by atoms with Crippen LogP contribution in [0.15, 0.2) is 0 Å². The van der Waals surface area contributed by atoms with E-state index in [1.807, 2.05) is 0 Å². The van der Waals surface area contributed by atoms with E-state index in [9.17, 15) is 0 Å². The minimum absolute atomic E-state index is 0.437. The van der Waals surface area contributed by atoms with Gasteiger partial charge >= 0.3 is 0 Å². The Morgan fingerprint density at radius 2 is 0.398 bits per heavy atom. The molecule has 4 atom stereocenters. The van der Waals surface area contributed by atoms with E-state index in [4.69, 9.17) is 0 Å². The van der Waals surface area contributed by atoms with E-state index in [0.717, 1.165) is 88.8 Å². The molecule has 0 aromatic carbocycles. The van der Waals surface area contributed by atoms with E-state index in [2.05, 4.69) is 367 Å². The lowest BCUT2D eigenvalue weighted by molar-refractivity contribution is 0.157. The number of unbranched alkanes of at least 4 members (excludes halogenated alkanes) is 15. The maximum atomic E-state index is 2.37. The molecule has 4 saturated carbocycles. The highest BCUT2D eigenvalue weighted by Crippen LogP contribution is 2.37. The zero-order valence-electron chi connectivity index (χ0n) is 92.7. The second-order valence-electron chi connectivity index (χ2n) is 43.2. The standard InChI is InChI=1S/C8H16.2C8H18.C7H14.C7H16.C6H12.7C6H14.C5H10.3C5H12.C4H10.C3H8/c1-7-3-5-8(2)6-4-7;1-7(2,3)8(4,5)6;1-3-5-7-8-6-4-2;1-6-3-4-7(2)5-6;1-3-5-7-6-4-2;1-5-3-6(2)4-5;2*1-5-6(2,3)4;1-5(2)6(3)4;2*1-4-5-6(2)3;1-4-6(3)5-2;1-3-5-6-4-2;1-4-3-5(4)2;2*1-4-5(2)3;1-3-5-4-2;1-3-4-2;1-3-2/h7-8H,3-6H2,1-2H3;1-6H3;3-8H2,1-2H3;6-7H,3-5H2,1-2H3;3-7H2,1-2H3;5-6H,3-4H2,1-2H3;2*5H2,1-4H3;5-6H,1-4H3;3*6H,4-5H2,1-3H3;3-6H2,1-2H3;4-5H,3H2,1-2H3;2*5H,4H2,1-3H3;3-5H2,1-2H3;3-4H2,1-2H3;3H2,1-2H3. The molecule has 0 heterocycles. The predicted molar refractivity (Wildman–Crippen MR) is 552 cm³/mol. The molecule has 0 aliphatic heterocycles. The fourth-order valence-corrected chi connectivity index (χ4v) is 8.56. The highest BCUT2D eigenvalue weighted by molar-refractivity contribution is 4.78. The normalized spacial score (nSPS) is 17.8. The number of hydrogen-bond acceptors (Lipinski definition) is 0. The third kappa shape index (κ3) is 207. The van der Waals surface area contributed by atoms with Crippen molar-refractivity contribution >= 4 is 0 Å². The van der Waals surface area contributed by atoms with Crippen LogP contribution in [0.25, 0.3) is 0 Å². The maximum Gasteiger partial charge on any atom is -0.0334 e. The van der Waals surface area contributed by atoms with Gasteiger partial charge in [0.25, 0.3) is 0 Å². The predicted octanol–water partition coefficient (Wildman–Crippen LogP) is 45.0. The molecule has 0 bridgehead atoms. The molecule has 4 aliphatic rings.